The van der Waals surface area contributed by atoms with Crippen molar-refractivity contribution in [1.29, 1.82) is 0 Å². The number of phenols is 1. The van der Waals surface area contributed by atoms with E-state index >= 15 is 0 Å². The van der Waals surface area contributed by atoms with E-state index in [-0.39, 0.29) is 30.1 Å². The zero-order chi connectivity index (χ0) is 24.5. The Morgan fingerprint density at radius 3 is 2.86 bits per heavy atom. The molecule has 5 atom stereocenters. The van der Waals surface area contributed by atoms with Crippen LogP contribution in [0, 0.1) is 0 Å². The van der Waals surface area contributed by atoms with Crippen molar-refractivity contribution in [2.45, 2.75) is 61.3 Å². The van der Waals surface area contributed by atoms with Crippen molar-refractivity contribution in [2.75, 3.05) is 20.1 Å². The van der Waals surface area contributed by atoms with Crippen molar-refractivity contribution in [3.05, 3.63) is 53.5 Å². The number of alkyl halides is 2. The zero-order valence-corrected chi connectivity index (χ0v) is 20.6. The number of amides is 1. The number of nitrogens with zero attached hydrogens (tertiary/aromatic N) is 2. The lowest BCUT2D eigenvalue weighted by molar-refractivity contribution is -0.203. The molecular formula is C26H29ClF2N2O5. The molecule has 1 saturated carbocycles. The number of benzene rings is 1. The molecule has 10 heteroatoms. The average Bonchev–Trinajstić information content (AvgIpc) is 3.46. The van der Waals surface area contributed by atoms with Crippen LogP contribution in [0.15, 0.2) is 41.2 Å². The predicted molar refractivity (Wildman–Crippen MR) is 130 cm³/mol. The Morgan fingerprint density at radius 2 is 2.14 bits per heavy atom. The summed E-state index contributed by atoms with van der Waals surface area (Å²) in [5, 5.41) is 22.9. The maximum absolute atomic E-state index is 13.4. The number of phenolic OH excluding ortho intramolecular Hbond substituents is 1. The predicted octanol–water partition coefficient (Wildman–Crippen LogP) is 3.37. The molecule has 36 heavy (non-hydrogen) atoms. The molecule has 1 saturated heterocycles. The molecule has 2 aliphatic carbocycles. The van der Waals surface area contributed by atoms with Gasteiger partial charge in [0, 0.05) is 30.3 Å². The van der Waals surface area contributed by atoms with Crippen LogP contribution >= 0.6 is 12.4 Å². The molecule has 194 valence electrons. The molecule has 2 fully saturated rings. The van der Waals surface area contributed by atoms with E-state index in [9.17, 15) is 23.8 Å². The van der Waals surface area contributed by atoms with Gasteiger partial charge in [-0.05, 0) is 56.0 Å². The normalized spacial score (nSPS) is 32.2. The van der Waals surface area contributed by atoms with Gasteiger partial charge in [0.2, 0.25) is 5.91 Å². The third-order valence-corrected chi connectivity index (χ3v) is 8.72. The zero-order valence-electron chi connectivity index (χ0n) is 19.8. The highest BCUT2D eigenvalue weighted by Crippen LogP contribution is 2.65. The first-order valence-corrected chi connectivity index (χ1v) is 12.0. The number of hydrogen-bond donors (Lipinski definition) is 2. The van der Waals surface area contributed by atoms with E-state index in [1.54, 1.807) is 41.3 Å². The standard InChI is InChI=1S/C26H28F2N2O5.ClH/c1-29(21(32)5-2-15-7-11-34-14-15)17-6-8-26(33)19-12-16-3-4-18(31)23-22(16)25(26,24(17)35-23)9-10-30(19)13-20(27)28;/h2-5,7,11,14,17,19-20,24,31,33H,6,8-10,12-13H2,1H3;1H/b5-2+;/t17-,19-,24+,25+,26-;/m1./s1. The van der Waals surface area contributed by atoms with E-state index in [0.29, 0.717) is 38.0 Å². The number of hydrogen-bond acceptors (Lipinski definition) is 6. The van der Waals surface area contributed by atoms with E-state index in [2.05, 4.69) is 0 Å². The molecule has 1 aromatic heterocycles. The number of aliphatic hydroxyl groups is 1. The second kappa shape index (κ2) is 8.75. The van der Waals surface area contributed by atoms with Crippen molar-refractivity contribution in [2.24, 2.45) is 0 Å². The average molecular weight is 523 g/mol. The highest BCUT2D eigenvalue weighted by Gasteiger charge is 2.73. The molecule has 1 spiro atoms. The molecule has 1 aromatic carbocycles. The summed E-state index contributed by atoms with van der Waals surface area (Å²) >= 11 is 0. The number of carbonyl (C=O) groups excluding carboxylic acids is 1. The molecule has 2 aromatic rings. The molecule has 2 N–H and O–H groups in total. The summed E-state index contributed by atoms with van der Waals surface area (Å²) < 4.78 is 38.3. The van der Waals surface area contributed by atoms with Crippen LogP contribution in [0.1, 0.15) is 36.0 Å². The first-order valence-electron chi connectivity index (χ1n) is 12.0. The van der Waals surface area contributed by atoms with Crippen LogP contribution < -0.4 is 4.74 Å². The number of ether oxygens (including phenoxy) is 1. The Morgan fingerprint density at radius 1 is 1.33 bits per heavy atom. The van der Waals surface area contributed by atoms with Gasteiger partial charge >= 0.3 is 0 Å². The first kappa shape index (κ1) is 25.0. The van der Waals surface area contributed by atoms with Crippen LogP contribution in [0.2, 0.25) is 0 Å². The maximum Gasteiger partial charge on any atom is 0.251 e. The quantitative estimate of drug-likeness (QED) is 0.586. The van der Waals surface area contributed by atoms with Crippen LogP contribution in [0.5, 0.6) is 11.5 Å². The monoisotopic (exact) mass is 522 g/mol. The van der Waals surface area contributed by atoms with Crippen LogP contribution in [0.4, 0.5) is 8.78 Å². The van der Waals surface area contributed by atoms with E-state index in [4.69, 9.17) is 9.15 Å². The van der Waals surface area contributed by atoms with Crippen LogP contribution in [-0.2, 0) is 16.6 Å². The van der Waals surface area contributed by atoms with Crippen molar-refractivity contribution in [3.8, 4) is 11.5 Å². The number of furan rings is 1. The molecule has 0 unspecified atom stereocenters. The Kier molecular flexibility index (Phi) is 6.08. The van der Waals surface area contributed by atoms with E-state index in [1.807, 2.05) is 6.07 Å². The number of halogens is 3. The number of aromatic hydroxyl groups is 1. The Bertz CT molecular complexity index is 1190. The van der Waals surface area contributed by atoms with Gasteiger partial charge in [-0.25, -0.2) is 8.78 Å². The minimum Gasteiger partial charge on any atom is -0.504 e. The Labute approximate surface area is 213 Å². The highest BCUT2D eigenvalue weighted by molar-refractivity contribution is 5.92. The van der Waals surface area contributed by atoms with E-state index < -0.39 is 36.1 Å². The SMILES string of the molecule is CN(C(=O)/C=C/c1ccoc1)[C@@H]1CC[C@@]2(O)[C@H]3Cc4ccc(O)c5c4[C@@]2(CCN3CC(F)F)[C@H]1O5.Cl. The minimum atomic E-state index is -2.50. The van der Waals surface area contributed by atoms with Crippen molar-refractivity contribution < 1.29 is 32.9 Å². The third-order valence-electron chi connectivity index (χ3n) is 8.72. The van der Waals surface area contributed by atoms with Gasteiger partial charge in [-0.3, -0.25) is 9.69 Å². The fourth-order valence-corrected chi connectivity index (χ4v) is 7.22. The van der Waals surface area contributed by atoms with Gasteiger partial charge in [0.05, 0.1) is 36.1 Å². The van der Waals surface area contributed by atoms with Crippen LogP contribution in [0.25, 0.3) is 6.08 Å². The van der Waals surface area contributed by atoms with Crippen molar-refractivity contribution in [3.63, 3.8) is 0 Å². The summed E-state index contributed by atoms with van der Waals surface area (Å²) in [4.78, 5) is 16.4. The Hall–Kier alpha value is -2.62. The van der Waals surface area contributed by atoms with Gasteiger partial charge in [-0.15, -0.1) is 12.4 Å². The second-order valence-electron chi connectivity index (χ2n) is 10.2. The molecule has 6 rings (SSSR count). The smallest absolute Gasteiger partial charge is 0.251 e. The number of carbonyl (C=O) groups is 1. The third kappa shape index (κ3) is 3.32. The van der Waals surface area contributed by atoms with Crippen molar-refractivity contribution >= 4 is 24.4 Å². The van der Waals surface area contributed by atoms with Gasteiger partial charge in [-0.2, -0.15) is 0 Å². The fourth-order valence-electron chi connectivity index (χ4n) is 7.22. The number of rotatable bonds is 5. The van der Waals surface area contributed by atoms with Crippen LogP contribution in [0.3, 0.4) is 0 Å². The molecule has 3 heterocycles. The molecule has 4 aliphatic rings. The molecule has 2 bridgehead atoms. The summed E-state index contributed by atoms with van der Waals surface area (Å²) in [6.07, 6.45) is 4.74. The molecule has 7 nitrogen and oxygen atoms in total. The van der Waals surface area contributed by atoms with Gasteiger partial charge in [0.25, 0.3) is 6.43 Å². The molecule has 0 radical (unpaired) electrons. The van der Waals surface area contributed by atoms with Crippen LogP contribution in [-0.4, -0.2) is 76.3 Å². The highest BCUT2D eigenvalue weighted by atomic mass is 35.5. The molecule has 2 aliphatic heterocycles. The topological polar surface area (TPSA) is 86.4 Å². The first-order chi connectivity index (χ1) is 16.8. The number of piperidine rings is 1. The summed E-state index contributed by atoms with van der Waals surface area (Å²) in [6.45, 7) is -0.00797. The summed E-state index contributed by atoms with van der Waals surface area (Å²) in [7, 11) is 1.72. The summed E-state index contributed by atoms with van der Waals surface area (Å²) in [6, 6.07) is 4.28. The fraction of sp³-hybridized carbons (Fsp3) is 0.500. The maximum atomic E-state index is 13.4. The van der Waals surface area contributed by atoms with E-state index in [0.717, 1.165) is 16.7 Å². The Balaban J connectivity index is 0.00000267. The minimum absolute atomic E-state index is 0. The lowest BCUT2D eigenvalue weighted by atomic mass is 9.48. The van der Waals surface area contributed by atoms with Crippen molar-refractivity contribution in [1.82, 2.24) is 9.80 Å². The van der Waals surface area contributed by atoms with E-state index in [1.165, 1.54) is 12.3 Å². The van der Waals surface area contributed by atoms with Gasteiger partial charge in [0.15, 0.2) is 11.5 Å². The summed E-state index contributed by atoms with van der Waals surface area (Å²) in [5.41, 5.74) is 0.276. The summed E-state index contributed by atoms with van der Waals surface area (Å²) in [5.74, 6) is 0.133. The molecule has 1 amide bonds. The van der Waals surface area contributed by atoms with Gasteiger partial charge in [-0.1, -0.05) is 6.07 Å². The number of likely N-dealkylation sites (N-methyl/N-ethyl adjacent to an activating group) is 1. The lowest BCUT2D eigenvalue weighted by Gasteiger charge is -2.64. The number of likely N-dealkylation sites (tertiary alicyclic amines) is 1. The second-order valence-corrected chi connectivity index (χ2v) is 10.2. The molecular weight excluding hydrogens is 494 g/mol. The van der Waals surface area contributed by atoms with Gasteiger partial charge in [0.1, 0.15) is 6.10 Å². The van der Waals surface area contributed by atoms with Gasteiger partial charge < -0.3 is 24.3 Å². The lowest BCUT2D eigenvalue weighted by Crippen LogP contribution is -2.78. The largest absolute Gasteiger partial charge is 0.504 e.